The summed E-state index contributed by atoms with van der Waals surface area (Å²) in [6, 6.07) is 7.10. The quantitative estimate of drug-likeness (QED) is 0.614. The molecule has 2 aromatic rings. The number of ether oxygens (including phenoxy) is 1. The lowest BCUT2D eigenvalue weighted by Crippen LogP contribution is -2.32. The van der Waals surface area contributed by atoms with Crippen LogP contribution in [0.15, 0.2) is 29.2 Å². The van der Waals surface area contributed by atoms with Gasteiger partial charge in [0.1, 0.15) is 17.2 Å². The fraction of sp³-hybridized carbons (Fsp3) is 0.333. The molecular weight excluding hydrogens is 318 g/mol. The largest absolute Gasteiger partial charge is 0.426 e. The Balaban J connectivity index is 2.01. The molecule has 0 radical (unpaired) electrons. The highest BCUT2D eigenvalue weighted by Crippen LogP contribution is 2.16. The second kappa shape index (κ2) is 6.93. The van der Waals surface area contributed by atoms with E-state index in [0.717, 1.165) is 12.0 Å². The molecule has 0 fully saturated rings. The second-order valence-electron chi connectivity index (χ2n) is 5.06. The molecule has 0 aliphatic rings. The number of hydrogen-bond donors (Lipinski definition) is 2. The van der Waals surface area contributed by atoms with E-state index in [1.165, 1.54) is 0 Å². The summed E-state index contributed by atoms with van der Waals surface area (Å²) in [4.78, 5) is 11.9. The summed E-state index contributed by atoms with van der Waals surface area (Å²) >= 11 is 0. The molecule has 7 nitrogen and oxygen atoms in total. The summed E-state index contributed by atoms with van der Waals surface area (Å²) < 4.78 is 31.8. The number of carbonyl (C=O) groups excluding carboxylic acids is 1. The number of H-pyrrole nitrogens is 1. The average molecular weight is 337 g/mol. The number of esters is 1. The van der Waals surface area contributed by atoms with Crippen molar-refractivity contribution in [2.24, 2.45) is 0 Å². The van der Waals surface area contributed by atoms with Crippen LogP contribution in [0.2, 0.25) is 0 Å². The summed E-state index contributed by atoms with van der Waals surface area (Å²) in [6.45, 7) is 4.71. The van der Waals surface area contributed by atoms with Gasteiger partial charge in [-0.3, -0.25) is 9.89 Å². The maximum atomic E-state index is 12.2. The van der Waals surface area contributed by atoms with Crippen LogP contribution in [0.1, 0.15) is 23.9 Å². The van der Waals surface area contributed by atoms with Crippen LogP contribution in [0, 0.1) is 13.8 Å². The Morgan fingerprint density at radius 1 is 1.35 bits per heavy atom. The van der Waals surface area contributed by atoms with Gasteiger partial charge in [0.2, 0.25) is 10.0 Å². The molecule has 0 spiro atoms. The SMILES string of the molecule is CCc1cccc(OC(=O)CNS(=O)(=O)c2c(C)n[nH]c2C)c1. The minimum Gasteiger partial charge on any atom is -0.426 e. The lowest BCUT2D eigenvalue weighted by Gasteiger charge is -2.08. The number of benzene rings is 1. The van der Waals surface area contributed by atoms with Gasteiger partial charge >= 0.3 is 5.97 Å². The molecule has 0 unspecified atom stereocenters. The topological polar surface area (TPSA) is 101 Å². The first kappa shape index (κ1) is 17.2. The molecular formula is C15H19N3O4S. The van der Waals surface area contributed by atoms with Crippen molar-refractivity contribution in [1.82, 2.24) is 14.9 Å². The van der Waals surface area contributed by atoms with E-state index in [4.69, 9.17) is 4.74 Å². The van der Waals surface area contributed by atoms with Crippen molar-refractivity contribution in [2.75, 3.05) is 6.54 Å². The monoisotopic (exact) mass is 337 g/mol. The zero-order chi connectivity index (χ0) is 17.0. The Kier molecular flexibility index (Phi) is 5.17. The van der Waals surface area contributed by atoms with Gasteiger partial charge in [-0.15, -0.1) is 0 Å². The molecule has 0 aliphatic carbocycles. The van der Waals surface area contributed by atoms with Crippen LogP contribution < -0.4 is 9.46 Å². The van der Waals surface area contributed by atoms with Crippen LogP contribution in [-0.4, -0.2) is 31.1 Å². The lowest BCUT2D eigenvalue weighted by atomic mass is 10.2. The third kappa shape index (κ3) is 4.17. The first-order valence-corrected chi connectivity index (χ1v) is 8.62. The highest BCUT2D eigenvalue weighted by Gasteiger charge is 2.23. The number of carbonyl (C=O) groups is 1. The van der Waals surface area contributed by atoms with Crippen molar-refractivity contribution in [3.63, 3.8) is 0 Å². The molecule has 8 heteroatoms. The van der Waals surface area contributed by atoms with Crippen molar-refractivity contribution in [2.45, 2.75) is 32.1 Å². The second-order valence-corrected chi connectivity index (χ2v) is 6.77. The normalized spacial score (nSPS) is 11.4. The average Bonchev–Trinajstić information content (AvgIpc) is 2.85. The van der Waals surface area contributed by atoms with Crippen LogP contribution in [0.3, 0.4) is 0 Å². The van der Waals surface area contributed by atoms with E-state index in [-0.39, 0.29) is 4.90 Å². The summed E-state index contributed by atoms with van der Waals surface area (Å²) in [5, 5.41) is 6.43. The molecule has 0 aliphatic heterocycles. The van der Waals surface area contributed by atoms with E-state index in [1.807, 2.05) is 13.0 Å². The molecule has 2 N–H and O–H groups in total. The van der Waals surface area contributed by atoms with Crippen LogP contribution >= 0.6 is 0 Å². The first-order chi connectivity index (χ1) is 10.8. The Labute approximate surface area is 135 Å². The smallest absolute Gasteiger partial charge is 0.326 e. The van der Waals surface area contributed by atoms with Gasteiger partial charge < -0.3 is 4.74 Å². The zero-order valence-corrected chi connectivity index (χ0v) is 14.0. The van der Waals surface area contributed by atoms with E-state index >= 15 is 0 Å². The summed E-state index contributed by atoms with van der Waals surface area (Å²) in [5.41, 5.74) is 1.79. The minimum atomic E-state index is -3.82. The number of sulfonamides is 1. The van der Waals surface area contributed by atoms with Gasteiger partial charge in [0, 0.05) is 0 Å². The number of aromatic amines is 1. The molecule has 1 aromatic carbocycles. The highest BCUT2D eigenvalue weighted by molar-refractivity contribution is 7.89. The van der Waals surface area contributed by atoms with Gasteiger partial charge in [0.15, 0.2) is 0 Å². The fourth-order valence-corrected chi connectivity index (χ4v) is 3.49. The van der Waals surface area contributed by atoms with E-state index in [0.29, 0.717) is 17.1 Å². The summed E-state index contributed by atoms with van der Waals surface area (Å²) in [5.74, 6) is -0.287. The van der Waals surface area contributed by atoms with Gasteiger partial charge in [-0.1, -0.05) is 19.1 Å². The molecule has 0 bridgehead atoms. The van der Waals surface area contributed by atoms with E-state index in [1.54, 1.807) is 32.0 Å². The molecule has 0 amide bonds. The summed E-state index contributed by atoms with van der Waals surface area (Å²) in [6.07, 6.45) is 0.817. The number of nitrogens with one attached hydrogen (secondary N) is 2. The first-order valence-electron chi connectivity index (χ1n) is 7.14. The maximum Gasteiger partial charge on any atom is 0.326 e. The molecule has 1 aromatic heterocycles. The molecule has 0 saturated carbocycles. The van der Waals surface area contributed by atoms with Crippen molar-refractivity contribution in [1.29, 1.82) is 0 Å². The van der Waals surface area contributed by atoms with Gasteiger partial charge in [0.05, 0.1) is 11.4 Å². The molecule has 0 atom stereocenters. The molecule has 2 rings (SSSR count). The maximum absolute atomic E-state index is 12.2. The Morgan fingerprint density at radius 2 is 2.09 bits per heavy atom. The predicted molar refractivity (Wildman–Crippen MR) is 84.7 cm³/mol. The third-order valence-electron chi connectivity index (χ3n) is 3.27. The van der Waals surface area contributed by atoms with Gasteiger partial charge in [-0.05, 0) is 38.0 Å². The number of nitrogens with zero attached hydrogens (tertiary/aromatic N) is 1. The molecule has 124 valence electrons. The Morgan fingerprint density at radius 3 is 2.70 bits per heavy atom. The molecule has 1 heterocycles. The van der Waals surface area contributed by atoms with Gasteiger partial charge in [-0.25, -0.2) is 8.42 Å². The van der Waals surface area contributed by atoms with Crippen molar-refractivity contribution < 1.29 is 17.9 Å². The summed E-state index contributed by atoms with van der Waals surface area (Å²) in [7, 11) is -3.82. The fourth-order valence-electron chi connectivity index (χ4n) is 2.16. The van der Waals surface area contributed by atoms with E-state index in [2.05, 4.69) is 14.9 Å². The lowest BCUT2D eigenvalue weighted by molar-refractivity contribution is -0.133. The van der Waals surface area contributed by atoms with Gasteiger partial charge in [-0.2, -0.15) is 9.82 Å². The standard InChI is InChI=1S/C15H19N3O4S/c1-4-12-6-5-7-13(8-12)22-14(19)9-16-23(20,21)15-10(2)17-18-11(15)3/h5-8,16H,4,9H2,1-3H3,(H,17,18). The Bertz CT molecular complexity index is 792. The van der Waals surface area contributed by atoms with E-state index < -0.39 is 22.5 Å². The van der Waals surface area contributed by atoms with Crippen LogP contribution in [-0.2, 0) is 21.2 Å². The van der Waals surface area contributed by atoms with E-state index in [9.17, 15) is 13.2 Å². The Hall–Kier alpha value is -2.19. The third-order valence-corrected chi connectivity index (χ3v) is 4.94. The molecule has 0 saturated heterocycles. The van der Waals surface area contributed by atoms with Crippen molar-refractivity contribution in [3.8, 4) is 5.75 Å². The van der Waals surface area contributed by atoms with Crippen LogP contribution in [0.4, 0.5) is 0 Å². The van der Waals surface area contributed by atoms with Crippen molar-refractivity contribution in [3.05, 3.63) is 41.2 Å². The zero-order valence-electron chi connectivity index (χ0n) is 13.2. The number of rotatable bonds is 6. The number of hydrogen-bond acceptors (Lipinski definition) is 5. The van der Waals surface area contributed by atoms with Crippen molar-refractivity contribution >= 4 is 16.0 Å². The minimum absolute atomic E-state index is 0.0540. The molecule has 23 heavy (non-hydrogen) atoms. The number of aryl methyl sites for hydroxylation is 3. The number of aromatic nitrogens is 2. The predicted octanol–water partition coefficient (Wildman–Crippen LogP) is 1.47. The van der Waals surface area contributed by atoms with Crippen LogP contribution in [0.5, 0.6) is 5.75 Å². The highest BCUT2D eigenvalue weighted by atomic mass is 32.2. The van der Waals surface area contributed by atoms with Gasteiger partial charge in [0.25, 0.3) is 0 Å². The van der Waals surface area contributed by atoms with Crippen LogP contribution in [0.25, 0.3) is 0 Å².